The third kappa shape index (κ3) is 4.48. The number of nitrogens with zero attached hydrogens (tertiary/aromatic N) is 4. The Morgan fingerprint density at radius 1 is 1.32 bits per heavy atom. The lowest BCUT2D eigenvalue weighted by molar-refractivity contribution is -0.131. The maximum Gasteiger partial charge on any atom is 0.242 e. The number of amides is 1. The van der Waals surface area contributed by atoms with Crippen LogP contribution in [0.15, 0.2) is 29.2 Å². The molecule has 1 aliphatic rings. The summed E-state index contributed by atoms with van der Waals surface area (Å²) in [4.78, 5) is 14.1. The third-order valence-electron chi connectivity index (χ3n) is 4.05. The van der Waals surface area contributed by atoms with E-state index in [1.807, 2.05) is 0 Å². The van der Waals surface area contributed by atoms with Crippen molar-refractivity contribution in [1.29, 1.82) is 5.26 Å². The Bertz CT molecular complexity index is 755. The zero-order valence-electron chi connectivity index (χ0n) is 14.6. The Labute approximate surface area is 148 Å². The summed E-state index contributed by atoms with van der Waals surface area (Å²) < 4.78 is 25.2. The van der Waals surface area contributed by atoms with Crippen molar-refractivity contribution in [2.24, 2.45) is 0 Å². The number of carbonyl (C=O) groups is 1. The van der Waals surface area contributed by atoms with E-state index < -0.39 is 10.0 Å². The summed E-state index contributed by atoms with van der Waals surface area (Å²) in [5, 5.41) is 10.7. The van der Waals surface area contributed by atoms with Crippen LogP contribution in [0.1, 0.15) is 12.8 Å². The molecule has 1 saturated heterocycles. The highest BCUT2D eigenvalue weighted by molar-refractivity contribution is 7.89. The van der Waals surface area contributed by atoms with E-state index in [4.69, 9.17) is 5.26 Å². The SMILES string of the molecule is CN(CC(=O)N1CCC[C@H]1C#N)Nc1ccc(S(=O)(=O)N(C)C)cc1. The summed E-state index contributed by atoms with van der Waals surface area (Å²) in [5.74, 6) is -0.106. The van der Waals surface area contributed by atoms with Crippen molar-refractivity contribution in [3.05, 3.63) is 24.3 Å². The Morgan fingerprint density at radius 2 is 1.96 bits per heavy atom. The maximum absolute atomic E-state index is 12.3. The molecule has 9 heteroatoms. The highest BCUT2D eigenvalue weighted by Gasteiger charge is 2.28. The average Bonchev–Trinajstić information content (AvgIpc) is 3.03. The van der Waals surface area contributed by atoms with Crippen LogP contribution in [0.2, 0.25) is 0 Å². The first-order valence-electron chi connectivity index (χ1n) is 7.95. The molecule has 0 radical (unpaired) electrons. The summed E-state index contributed by atoms with van der Waals surface area (Å²) in [6, 6.07) is 8.13. The summed E-state index contributed by atoms with van der Waals surface area (Å²) in [6.07, 6.45) is 1.57. The molecule has 0 bridgehead atoms. The van der Waals surface area contributed by atoms with Crippen LogP contribution in [0.25, 0.3) is 0 Å². The molecular weight excluding hydrogens is 342 g/mol. The van der Waals surface area contributed by atoms with Crippen molar-refractivity contribution in [3.63, 3.8) is 0 Å². The molecule has 136 valence electrons. The highest BCUT2D eigenvalue weighted by Crippen LogP contribution is 2.18. The number of nitrogens with one attached hydrogen (secondary N) is 1. The number of hydrazine groups is 1. The number of hydrogen-bond donors (Lipinski definition) is 1. The van der Waals surface area contributed by atoms with E-state index in [-0.39, 0.29) is 23.4 Å². The number of likely N-dealkylation sites (tertiary alicyclic amines) is 1. The highest BCUT2D eigenvalue weighted by atomic mass is 32.2. The van der Waals surface area contributed by atoms with Crippen molar-refractivity contribution in [3.8, 4) is 6.07 Å². The fourth-order valence-corrected chi connectivity index (χ4v) is 3.57. The molecule has 8 nitrogen and oxygen atoms in total. The predicted octanol–water partition coefficient (Wildman–Crippen LogP) is 0.710. The van der Waals surface area contributed by atoms with E-state index in [0.29, 0.717) is 12.2 Å². The first-order chi connectivity index (χ1) is 11.8. The molecule has 1 heterocycles. The standard InChI is InChI=1S/C16H23N5O3S/c1-19(2)25(23,24)15-8-6-13(7-9-15)18-20(3)12-16(22)21-10-4-5-14(21)11-17/h6-9,14,18H,4-5,10,12H2,1-3H3/t14-/m0/s1. The zero-order chi connectivity index (χ0) is 18.6. The molecule has 1 aromatic rings. The normalized spacial score (nSPS) is 17.8. The van der Waals surface area contributed by atoms with E-state index in [1.165, 1.54) is 26.2 Å². The van der Waals surface area contributed by atoms with Crippen molar-refractivity contribution >= 4 is 21.6 Å². The molecule has 0 saturated carbocycles. The molecule has 0 aliphatic carbocycles. The number of benzene rings is 1. The van der Waals surface area contributed by atoms with Crippen LogP contribution in [-0.2, 0) is 14.8 Å². The first kappa shape index (κ1) is 19.2. The summed E-state index contributed by atoms with van der Waals surface area (Å²) in [7, 11) is 1.22. The van der Waals surface area contributed by atoms with Crippen LogP contribution < -0.4 is 5.43 Å². The first-order valence-corrected chi connectivity index (χ1v) is 9.39. The smallest absolute Gasteiger partial charge is 0.242 e. The van der Waals surface area contributed by atoms with Crippen molar-refractivity contribution in [1.82, 2.24) is 14.2 Å². The van der Waals surface area contributed by atoms with E-state index >= 15 is 0 Å². The molecule has 0 spiro atoms. The molecule has 1 atom stereocenters. The Hall–Kier alpha value is -2.15. The van der Waals surface area contributed by atoms with Crippen molar-refractivity contribution < 1.29 is 13.2 Å². The van der Waals surface area contributed by atoms with Gasteiger partial charge in [0.05, 0.1) is 17.5 Å². The largest absolute Gasteiger partial charge is 0.325 e. The van der Waals surface area contributed by atoms with Gasteiger partial charge in [0.15, 0.2) is 0 Å². The van der Waals surface area contributed by atoms with Crippen molar-refractivity contribution in [2.75, 3.05) is 39.7 Å². The second-order valence-electron chi connectivity index (χ2n) is 6.15. The third-order valence-corrected chi connectivity index (χ3v) is 5.88. The van der Waals surface area contributed by atoms with Gasteiger partial charge in [-0.3, -0.25) is 4.79 Å². The number of anilines is 1. The van der Waals surface area contributed by atoms with Gasteiger partial charge in [-0.1, -0.05) is 0 Å². The van der Waals surface area contributed by atoms with Crippen molar-refractivity contribution in [2.45, 2.75) is 23.8 Å². The van der Waals surface area contributed by atoms with Crippen LogP contribution >= 0.6 is 0 Å². The van der Waals surface area contributed by atoms with E-state index in [2.05, 4.69) is 11.5 Å². The minimum Gasteiger partial charge on any atom is -0.325 e. The summed E-state index contributed by atoms with van der Waals surface area (Å²) in [6.45, 7) is 0.734. The van der Waals surface area contributed by atoms with E-state index in [9.17, 15) is 13.2 Å². The van der Waals surface area contributed by atoms with Gasteiger partial charge in [0.1, 0.15) is 6.04 Å². The molecule has 0 unspecified atom stereocenters. The van der Waals surface area contributed by atoms with Crippen LogP contribution in [0.5, 0.6) is 0 Å². The Kier molecular flexibility index (Phi) is 6.00. The molecule has 1 amide bonds. The van der Waals surface area contributed by atoms with Gasteiger partial charge in [0, 0.05) is 33.4 Å². The molecular formula is C16H23N5O3S. The molecule has 0 aromatic heterocycles. The number of carbonyl (C=O) groups excluding carboxylic acids is 1. The number of sulfonamides is 1. The van der Waals surface area contributed by atoms with Crippen LogP contribution in [0.4, 0.5) is 5.69 Å². The second-order valence-corrected chi connectivity index (χ2v) is 8.31. The van der Waals surface area contributed by atoms with Crippen LogP contribution in [0.3, 0.4) is 0 Å². The maximum atomic E-state index is 12.3. The fraction of sp³-hybridized carbons (Fsp3) is 0.500. The van der Waals surface area contributed by atoms with Gasteiger partial charge in [-0.25, -0.2) is 17.7 Å². The van der Waals surface area contributed by atoms with Gasteiger partial charge >= 0.3 is 0 Å². The number of hydrogen-bond acceptors (Lipinski definition) is 6. The lowest BCUT2D eigenvalue weighted by atomic mass is 10.2. The minimum atomic E-state index is -3.46. The van der Waals surface area contributed by atoms with Crippen LogP contribution in [0, 0.1) is 11.3 Å². The molecule has 1 aliphatic heterocycles. The molecule has 1 fully saturated rings. The monoisotopic (exact) mass is 365 g/mol. The summed E-state index contributed by atoms with van der Waals surface area (Å²) in [5.41, 5.74) is 3.70. The van der Waals surface area contributed by atoms with E-state index in [1.54, 1.807) is 29.1 Å². The average molecular weight is 365 g/mol. The number of nitriles is 1. The van der Waals surface area contributed by atoms with Crippen LogP contribution in [-0.4, -0.2) is 68.8 Å². The summed E-state index contributed by atoms with van der Waals surface area (Å²) >= 11 is 0. The van der Waals surface area contributed by atoms with Gasteiger partial charge in [0.25, 0.3) is 0 Å². The lowest BCUT2D eigenvalue weighted by Gasteiger charge is -2.24. The van der Waals surface area contributed by atoms with Gasteiger partial charge in [-0.15, -0.1) is 0 Å². The van der Waals surface area contributed by atoms with Gasteiger partial charge in [-0.2, -0.15) is 5.26 Å². The lowest BCUT2D eigenvalue weighted by Crippen LogP contribution is -2.42. The number of likely N-dealkylation sites (N-methyl/N-ethyl adjacent to an activating group) is 1. The van der Waals surface area contributed by atoms with Gasteiger partial charge < -0.3 is 10.3 Å². The topological polar surface area (TPSA) is 96.7 Å². The van der Waals surface area contributed by atoms with Gasteiger partial charge in [-0.05, 0) is 37.1 Å². The zero-order valence-corrected chi connectivity index (χ0v) is 15.5. The fourth-order valence-electron chi connectivity index (χ4n) is 2.67. The molecule has 1 N–H and O–H groups in total. The molecule has 2 rings (SSSR count). The van der Waals surface area contributed by atoms with Gasteiger partial charge in [0.2, 0.25) is 15.9 Å². The Balaban J connectivity index is 1.96. The number of rotatable bonds is 6. The Morgan fingerprint density at radius 3 is 2.52 bits per heavy atom. The quantitative estimate of drug-likeness (QED) is 0.746. The second kappa shape index (κ2) is 7.82. The minimum absolute atomic E-state index is 0.106. The molecule has 25 heavy (non-hydrogen) atoms. The van der Waals surface area contributed by atoms with E-state index in [0.717, 1.165) is 17.1 Å². The molecule has 1 aromatic carbocycles. The predicted molar refractivity (Wildman–Crippen MR) is 93.9 cm³/mol.